The molecular weight excluding hydrogens is 214 g/mol. The molecule has 0 amide bonds. The van der Waals surface area contributed by atoms with Crippen LogP contribution in [0.2, 0.25) is 0 Å². The van der Waals surface area contributed by atoms with Crippen LogP contribution in [0.15, 0.2) is 42.9 Å². The maximum atomic E-state index is 12.1. The van der Waals surface area contributed by atoms with Gasteiger partial charge in [0.25, 0.3) is 0 Å². The van der Waals surface area contributed by atoms with Crippen LogP contribution in [-0.2, 0) is 0 Å². The minimum absolute atomic E-state index is 0.115. The summed E-state index contributed by atoms with van der Waals surface area (Å²) in [6.07, 6.45) is 2.62. The van der Waals surface area contributed by atoms with Crippen molar-refractivity contribution in [1.29, 1.82) is 0 Å². The average molecular weight is 222 g/mol. The van der Waals surface area contributed by atoms with Gasteiger partial charge in [0.1, 0.15) is 6.33 Å². The molecule has 82 valence electrons. The summed E-state index contributed by atoms with van der Waals surface area (Å²) in [7, 11) is 0. The van der Waals surface area contributed by atoms with E-state index in [1.807, 2.05) is 6.07 Å². The highest BCUT2D eigenvalue weighted by molar-refractivity contribution is 5.67. The lowest BCUT2D eigenvalue weighted by molar-refractivity contribution is -0.0525. The number of hydrogen-bond donors (Lipinski definition) is 0. The number of benzene rings is 1. The van der Waals surface area contributed by atoms with Crippen LogP contribution in [0.5, 0.6) is 5.88 Å². The minimum atomic E-state index is -2.89. The first kappa shape index (κ1) is 10.5. The maximum Gasteiger partial charge on any atom is 0.388 e. The summed E-state index contributed by atoms with van der Waals surface area (Å²) >= 11 is 0. The van der Waals surface area contributed by atoms with Crippen LogP contribution in [0.4, 0.5) is 8.78 Å². The van der Waals surface area contributed by atoms with Gasteiger partial charge in [-0.3, -0.25) is 0 Å². The quantitative estimate of drug-likeness (QED) is 0.800. The summed E-state index contributed by atoms with van der Waals surface area (Å²) < 4.78 is 28.6. The smallest absolute Gasteiger partial charge is 0.388 e. The third-order valence-electron chi connectivity index (χ3n) is 1.96. The van der Waals surface area contributed by atoms with Gasteiger partial charge < -0.3 is 4.74 Å². The molecule has 0 spiro atoms. The molecule has 0 aliphatic carbocycles. The van der Waals surface area contributed by atoms with Crippen LogP contribution < -0.4 is 4.74 Å². The Hall–Kier alpha value is -2.04. The number of alkyl halides is 2. The van der Waals surface area contributed by atoms with Crippen molar-refractivity contribution in [3.05, 3.63) is 42.9 Å². The van der Waals surface area contributed by atoms with E-state index >= 15 is 0 Å². The Morgan fingerprint density at radius 1 is 1.12 bits per heavy atom. The van der Waals surface area contributed by atoms with Gasteiger partial charge in [0, 0.05) is 6.20 Å². The van der Waals surface area contributed by atoms with E-state index in [1.54, 1.807) is 24.3 Å². The van der Waals surface area contributed by atoms with Crippen LogP contribution in [0.3, 0.4) is 0 Å². The standard InChI is InChI=1S/C11H8F2N2O/c12-11(13)16-10-9(6-14-7-15-10)8-4-2-1-3-5-8/h1-7,11H. The van der Waals surface area contributed by atoms with Gasteiger partial charge >= 0.3 is 6.61 Å². The lowest BCUT2D eigenvalue weighted by Gasteiger charge is -2.08. The Labute approximate surface area is 90.7 Å². The van der Waals surface area contributed by atoms with Crippen LogP contribution in [0.1, 0.15) is 0 Å². The predicted molar refractivity (Wildman–Crippen MR) is 54.1 cm³/mol. The molecule has 0 radical (unpaired) electrons. The Morgan fingerprint density at radius 3 is 2.56 bits per heavy atom. The van der Waals surface area contributed by atoms with Crippen molar-refractivity contribution in [2.24, 2.45) is 0 Å². The summed E-state index contributed by atoms with van der Waals surface area (Å²) in [5.41, 5.74) is 1.18. The molecule has 2 aromatic rings. The summed E-state index contributed by atoms with van der Waals surface area (Å²) in [6.45, 7) is -2.89. The fraction of sp³-hybridized carbons (Fsp3) is 0.0909. The second kappa shape index (κ2) is 4.65. The fourth-order valence-electron chi connectivity index (χ4n) is 1.31. The molecule has 2 rings (SSSR count). The van der Waals surface area contributed by atoms with E-state index < -0.39 is 6.61 Å². The molecule has 0 N–H and O–H groups in total. The monoisotopic (exact) mass is 222 g/mol. The topological polar surface area (TPSA) is 35.0 Å². The molecule has 16 heavy (non-hydrogen) atoms. The van der Waals surface area contributed by atoms with Crippen molar-refractivity contribution >= 4 is 0 Å². The summed E-state index contributed by atoms with van der Waals surface area (Å²) in [6, 6.07) is 8.98. The molecule has 5 heteroatoms. The second-order valence-corrected chi connectivity index (χ2v) is 2.99. The van der Waals surface area contributed by atoms with Gasteiger partial charge in [-0.05, 0) is 5.56 Å². The van der Waals surface area contributed by atoms with Gasteiger partial charge in [0.15, 0.2) is 0 Å². The number of aromatic nitrogens is 2. The molecule has 1 aromatic carbocycles. The molecular formula is C11H8F2N2O. The van der Waals surface area contributed by atoms with E-state index in [-0.39, 0.29) is 5.88 Å². The molecule has 0 saturated carbocycles. The Morgan fingerprint density at radius 2 is 1.88 bits per heavy atom. The van der Waals surface area contributed by atoms with Crippen molar-refractivity contribution in [3.63, 3.8) is 0 Å². The number of hydrogen-bond acceptors (Lipinski definition) is 3. The molecule has 1 heterocycles. The first-order chi connectivity index (χ1) is 7.77. The van der Waals surface area contributed by atoms with Crippen molar-refractivity contribution < 1.29 is 13.5 Å². The average Bonchev–Trinajstić information content (AvgIpc) is 2.30. The van der Waals surface area contributed by atoms with E-state index in [0.29, 0.717) is 5.56 Å². The van der Waals surface area contributed by atoms with Gasteiger partial charge in [-0.15, -0.1) is 0 Å². The van der Waals surface area contributed by atoms with Crippen molar-refractivity contribution in [3.8, 4) is 17.0 Å². The normalized spacial score (nSPS) is 10.4. The minimum Gasteiger partial charge on any atom is -0.416 e. The zero-order valence-electron chi connectivity index (χ0n) is 8.18. The molecule has 0 bridgehead atoms. The molecule has 0 atom stereocenters. The second-order valence-electron chi connectivity index (χ2n) is 2.99. The van der Waals surface area contributed by atoms with Crippen molar-refractivity contribution in [1.82, 2.24) is 9.97 Å². The fourth-order valence-corrected chi connectivity index (χ4v) is 1.31. The molecule has 0 aliphatic rings. The van der Waals surface area contributed by atoms with Crippen LogP contribution in [0, 0.1) is 0 Å². The lowest BCUT2D eigenvalue weighted by Crippen LogP contribution is -2.05. The first-order valence-corrected chi connectivity index (χ1v) is 4.57. The van der Waals surface area contributed by atoms with Crippen LogP contribution >= 0.6 is 0 Å². The Kier molecular flexibility index (Phi) is 3.05. The highest BCUT2D eigenvalue weighted by Crippen LogP contribution is 2.27. The van der Waals surface area contributed by atoms with E-state index in [9.17, 15) is 8.78 Å². The van der Waals surface area contributed by atoms with Crippen LogP contribution in [-0.4, -0.2) is 16.6 Å². The molecule has 3 nitrogen and oxygen atoms in total. The number of ether oxygens (including phenoxy) is 1. The molecule has 0 aliphatic heterocycles. The van der Waals surface area contributed by atoms with Gasteiger partial charge in [-0.1, -0.05) is 30.3 Å². The third-order valence-corrected chi connectivity index (χ3v) is 1.96. The van der Waals surface area contributed by atoms with E-state index in [1.165, 1.54) is 12.5 Å². The predicted octanol–water partition coefficient (Wildman–Crippen LogP) is 2.75. The molecule has 0 fully saturated rings. The number of nitrogens with zero attached hydrogens (tertiary/aromatic N) is 2. The zero-order valence-corrected chi connectivity index (χ0v) is 8.18. The van der Waals surface area contributed by atoms with Gasteiger partial charge in [-0.2, -0.15) is 8.78 Å². The number of halogens is 2. The van der Waals surface area contributed by atoms with Crippen LogP contribution in [0.25, 0.3) is 11.1 Å². The molecule has 0 saturated heterocycles. The van der Waals surface area contributed by atoms with Gasteiger partial charge in [0.2, 0.25) is 5.88 Å². The largest absolute Gasteiger partial charge is 0.416 e. The van der Waals surface area contributed by atoms with Gasteiger partial charge in [0.05, 0.1) is 5.56 Å². The van der Waals surface area contributed by atoms with E-state index in [2.05, 4.69) is 14.7 Å². The third kappa shape index (κ3) is 2.31. The zero-order chi connectivity index (χ0) is 11.4. The highest BCUT2D eigenvalue weighted by atomic mass is 19.3. The first-order valence-electron chi connectivity index (χ1n) is 4.57. The van der Waals surface area contributed by atoms with Gasteiger partial charge in [-0.25, -0.2) is 9.97 Å². The van der Waals surface area contributed by atoms with E-state index in [0.717, 1.165) is 5.56 Å². The summed E-state index contributed by atoms with van der Waals surface area (Å²) in [5.74, 6) is -0.115. The lowest BCUT2D eigenvalue weighted by atomic mass is 10.1. The molecule has 1 aromatic heterocycles. The molecule has 0 unspecified atom stereocenters. The van der Waals surface area contributed by atoms with E-state index in [4.69, 9.17) is 0 Å². The Bertz CT molecular complexity index is 463. The Balaban J connectivity index is 2.41. The van der Waals surface area contributed by atoms with Crippen molar-refractivity contribution in [2.75, 3.05) is 0 Å². The maximum absolute atomic E-state index is 12.1. The summed E-state index contributed by atoms with van der Waals surface area (Å²) in [5, 5.41) is 0. The highest BCUT2D eigenvalue weighted by Gasteiger charge is 2.12. The SMILES string of the molecule is FC(F)Oc1ncncc1-c1ccccc1. The summed E-state index contributed by atoms with van der Waals surface area (Å²) in [4.78, 5) is 7.47. The number of rotatable bonds is 3. The van der Waals surface area contributed by atoms with Crippen molar-refractivity contribution in [2.45, 2.75) is 6.61 Å².